The van der Waals surface area contributed by atoms with Crippen molar-refractivity contribution in [2.75, 3.05) is 13.2 Å². The summed E-state index contributed by atoms with van der Waals surface area (Å²) in [5.41, 5.74) is 4.27. The number of alkyl halides is 3. The van der Waals surface area contributed by atoms with Crippen molar-refractivity contribution in [3.8, 4) is 0 Å². The molecular weight excluding hydrogens is 238 g/mol. The molecule has 0 aromatic heterocycles. The van der Waals surface area contributed by atoms with Crippen molar-refractivity contribution in [3.05, 3.63) is 35.1 Å². The van der Waals surface area contributed by atoms with Gasteiger partial charge in [0.1, 0.15) is 5.82 Å². The van der Waals surface area contributed by atoms with Crippen LogP contribution in [0.15, 0.2) is 18.2 Å². The minimum absolute atomic E-state index is 0.0325. The average molecular weight is 251 g/mol. The van der Waals surface area contributed by atoms with Gasteiger partial charge in [0.2, 0.25) is 0 Å². The highest BCUT2D eigenvalue weighted by Crippen LogP contribution is 2.36. The van der Waals surface area contributed by atoms with Crippen molar-refractivity contribution < 1.29 is 22.7 Å². The Kier molecular flexibility index (Phi) is 4.47. The quantitative estimate of drug-likeness (QED) is 0.806. The minimum atomic E-state index is -4.62. The van der Waals surface area contributed by atoms with Gasteiger partial charge < -0.3 is 10.8 Å². The zero-order chi connectivity index (χ0) is 13.1. The van der Waals surface area contributed by atoms with Gasteiger partial charge in [-0.25, -0.2) is 4.39 Å². The molecule has 0 heterocycles. The Balaban J connectivity index is 3.22. The maximum absolute atomic E-state index is 12.9. The number of aliphatic hydroxyl groups excluding tert-OH is 1. The molecule has 1 atom stereocenters. The highest BCUT2D eigenvalue weighted by Gasteiger charge is 2.35. The molecule has 6 heteroatoms. The monoisotopic (exact) mass is 251 g/mol. The third-order valence-electron chi connectivity index (χ3n) is 2.52. The second-order valence-electron chi connectivity index (χ2n) is 3.67. The van der Waals surface area contributed by atoms with Crippen LogP contribution >= 0.6 is 0 Å². The molecule has 96 valence electrons. The summed E-state index contributed by atoms with van der Waals surface area (Å²) in [7, 11) is 0. The van der Waals surface area contributed by atoms with Crippen LogP contribution in [-0.4, -0.2) is 18.3 Å². The summed E-state index contributed by atoms with van der Waals surface area (Å²) in [4.78, 5) is 0. The van der Waals surface area contributed by atoms with E-state index in [1.54, 1.807) is 0 Å². The van der Waals surface area contributed by atoms with Gasteiger partial charge in [0.05, 0.1) is 5.56 Å². The normalized spacial score (nSPS) is 13.8. The van der Waals surface area contributed by atoms with Gasteiger partial charge >= 0.3 is 6.18 Å². The highest BCUT2D eigenvalue weighted by atomic mass is 19.4. The molecule has 0 aliphatic rings. The van der Waals surface area contributed by atoms with Gasteiger partial charge in [0, 0.05) is 6.61 Å². The summed E-state index contributed by atoms with van der Waals surface area (Å²) in [5, 5.41) is 8.77. The van der Waals surface area contributed by atoms with Crippen LogP contribution in [0.5, 0.6) is 0 Å². The average Bonchev–Trinajstić information content (AvgIpc) is 2.25. The van der Waals surface area contributed by atoms with E-state index in [0.29, 0.717) is 6.07 Å². The lowest BCUT2D eigenvalue weighted by Gasteiger charge is -2.19. The fourth-order valence-electron chi connectivity index (χ4n) is 1.69. The lowest BCUT2D eigenvalue weighted by atomic mass is 9.91. The largest absolute Gasteiger partial charge is 0.416 e. The Hall–Kier alpha value is -1.14. The van der Waals surface area contributed by atoms with Crippen LogP contribution in [-0.2, 0) is 6.18 Å². The van der Waals surface area contributed by atoms with Crippen molar-refractivity contribution in [1.82, 2.24) is 0 Å². The molecule has 0 spiro atoms. The zero-order valence-electron chi connectivity index (χ0n) is 8.97. The van der Waals surface area contributed by atoms with Gasteiger partial charge in [-0.2, -0.15) is 13.2 Å². The van der Waals surface area contributed by atoms with E-state index < -0.39 is 23.5 Å². The van der Waals surface area contributed by atoms with Gasteiger partial charge in [0.25, 0.3) is 0 Å². The summed E-state index contributed by atoms with van der Waals surface area (Å²) >= 11 is 0. The molecule has 1 rings (SSSR count). The number of hydrogen-bond donors (Lipinski definition) is 2. The second kappa shape index (κ2) is 5.46. The van der Waals surface area contributed by atoms with Crippen molar-refractivity contribution in [2.45, 2.75) is 18.5 Å². The van der Waals surface area contributed by atoms with E-state index >= 15 is 0 Å². The number of halogens is 4. The Labute approximate surface area is 96.1 Å². The summed E-state index contributed by atoms with van der Waals surface area (Å²) in [5.74, 6) is -1.57. The van der Waals surface area contributed by atoms with Crippen LogP contribution in [0.2, 0.25) is 0 Å². The standard InChI is InChI=1S/C11H13F4NO/c12-8-1-2-9(7(6-16)3-4-17)10(5-8)11(13,14)15/h1-2,5,7,17H,3-4,6,16H2. The first-order valence-corrected chi connectivity index (χ1v) is 5.07. The smallest absolute Gasteiger partial charge is 0.396 e. The van der Waals surface area contributed by atoms with Gasteiger partial charge in [-0.15, -0.1) is 0 Å². The molecule has 0 saturated carbocycles. The van der Waals surface area contributed by atoms with E-state index in [1.165, 1.54) is 0 Å². The van der Waals surface area contributed by atoms with Gasteiger partial charge in [-0.05, 0) is 36.6 Å². The van der Waals surface area contributed by atoms with Gasteiger partial charge in [-0.3, -0.25) is 0 Å². The highest BCUT2D eigenvalue weighted by molar-refractivity contribution is 5.33. The number of nitrogens with two attached hydrogens (primary N) is 1. The second-order valence-corrected chi connectivity index (χ2v) is 3.67. The molecule has 1 aromatic rings. The molecular formula is C11H13F4NO. The predicted octanol–water partition coefficient (Wildman–Crippen LogP) is 2.27. The third-order valence-corrected chi connectivity index (χ3v) is 2.52. The first-order chi connectivity index (χ1) is 7.90. The number of benzene rings is 1. The van der Waals surface area contributed by atoms with E-state index in [1.807, 2.05) is 0 Å². The molecule has 3 N–H and O–H groups in total. The fourth-order valence-corrected chi connectivity index (χ4v) is 1.69. The molecule has 0 bridgehead atoms. The Morgan fingerprint density at radius 1 is 1.29 bits per heavy atom. The lowest BCUT2D eigenvalue weighted by Crippen LogP contribution is -2.19. The van der Waals surface area contributed by atoms with Crippen LogP contribution in [0.1, 0.15) is 23.5 Å². The summed E-state index contributed by atoms with van der Waals surface area (Å²) < 4.78 is 50.9. The minimum Gasteiger partial charge on any atom is -0.396 e. The fraction of sp³-hybridized carbons (Fsp3) is 0.455. The van der Waals surface area contributed by atoms with E-state index in [2.05, 4.69) is 0 Å². The molecule has 0 amide bonds. The van der Waals surface area contributed by atoms with Crippen LogP contribution in [0, 0.1) is 5.82 Å². The van der Waals surface area contributed by atoms with E-state index in [0.717, 1.165) is 12.1 Å². The van der Waals surface area contributed by atoms with Crippen LogP contribution in [0.25, 0.3) is 0 Å². The van der Waals surface area contributed by atoms with Gasteiger partial charge in [-0.1, -0.05) is 6.07 Å². The van der Waals surface area contributed by atoms with E-state index in [-0.39, 0.29) is 25.1 Å². The first-order valence-electron chi connectivity index (χ1n) is 5.07. The molecule has 0 fully saturated rings. The van der Waals surface area contributed by atoms with Gasteiger partial charge in [0.15, 0.2) is 0 Å². The van der Waals surface area contributed by atoms with Crippen molar-refractivity contribution in [1.29, 1.82) is 0 Å². The topological polar surface area (TPSA) is 46.2 Å². The number of hydrogen-bond acceptors (Lipinski definition) is 2. The molecule has 2 nitrogen and oxygen atoms in total. The maximum atomic E-state index is 12.9. The van der Waals surface area contributed by atoms with Crippen LogP contribution in [0.3, 0.4) is 0 Å². The molecule has 0 aliphatic carbocycles. The molecule has 0 aliphatic heterocycles. The summed E-state index contributed by atoms with van der Waals surface area (Å²) in [6.45, 7) is -0.300. The number of aliphatic hydroxyl groups is 1. The molecule has 0 radical (unpaired) electrons. The third kappa shape index (κ3) is 3.41. The summed E-state index contributed by atoms with van der Waals surface area (Å²) in [6.07, 6.45) is -4.51. The zero-order valence-corrected chi connectivity index (χ0v) is 8.97. The maximum Gasteiger partial charge on any atom is 0.416 e. The van der Waals surface area contributed by atoms with E-state index in [9.17, 15) is 17.6 Å². The van der Waals surface area contributed by atoms with Crippen LogP contribution in [0.4, 0.5) is 17.6 Å². The predicted molar refractivity (Wildman–Crippen MR) is 54.9 cm³/mol. The van der Waals surface area contributed by atoms with E-state index in [4.69, 9.17) is 10.8 Å². The Bertz CT molecular complexity index is 378. The van der Waals surface area contributed by atoms with Crippen molar-refractivity contribution in [2.24, 2.45) is 5.73 Å². The molecule has 17 heavy (non-hydrogen) atoms. The number of rotatable bonds is 4. The lowest BCUT2D eigenvalue weighted by molar-refractivity contribution is -0.138. The molecule has 1 aromatic carbocycles. The molecule has 1 unspecified atom stereocenters. The van der Waals surface area contributed by atoms with Crippen LogP contribution < -0.4 is 5.73 Å². The summed E-state index contributed by atoms with van der Waals surface area (Å²) in [6, 6.07) is 2.49. The SMILES string of the molecule is NCC(CCO)c1ccc(F)cc1C(F)(F)F. The Morgan fingerprint density at radius 3 is 2.41 bits per heavy atom. The van der Waals surface area contributed by atoms with Crippen molar-refractivity contribution >= 4 is 0 Å². The molecule has 0 saturated heterocycles. The Morgan fingerprint density at radius 2 is 1.94 bits per heavy atom. The first kappa shape index (κ1) is 13.9. The van der Waals surface area contributed by atoms with Crippen molar-refractivity contribution in [3.63, 3.8) is 0 Å².